The van der Waals surface area contributed by atoms with Crippen molar-refractivity contribution >= 4 is 5.78 Å². The highest BCUT2D eigenvalue weighted by molar-refractivity contribution is 6.11. The lowest BCUT2D eigenvalue weighted by molar-refractivity contribution is 0.103. The molecule has 4 rings (SSSR count). The number of hydrogen-bond donors (Lipinski definition) is 2. The van der Waals surface area contributed by atoms with Crippen LogP contribution in [0.2, 0.25) is 0 Å². The zero-order chi connectivity index (χ0) is 16.7. The number of nitrogens with one attached hydrogen (secondary N) is 1. The van der Waals surface area contributed by atoms with Crippen molar-refractivity contribution in [1.82, 2.24) is 19.7 Å². The molecule has 2 aromatic heterocycles. The molecule has 0 saturated carbocycles. The van der Waals surface area contributed by atoms with Gasteiger partial charge in [0.05, 0.1) is 18.4 Å². The van der Waals surface area contributed by atoms with E-state index >= 15 is 0 Å². The van der Waals surface area contributed by atoms with Crippen LogP contribution < -0.4 is 4.74 Å². The summed E-state index contributed by atoms with van der Waals surface area (Å²) in [5, 5.41) is 18.3. The van der Waals surface area contributed by atoms with Crippen molar-refractivity contribution in [3.8, 4) is 23.0 Å². The van der Waals surface area contributed by atoms with E-state index in [0.717, 1.165) is 36.7 Å². The fraction of sp³-hybridized carbons (Fsp3) is 0.235. The Morgan fingerprint density at radius 1 is 1.33 bits per heavy atom. The molecule has 122 valence electrons. The summed E-state index contributed by atoms with van der Waals surface area (Å²) in [6.45, 7) is 0.886. The number of aromatic hydroxyl groups is 1. The fourth-order valence-electron chi connectivity index (χ4n) is 2.98. The van der Waals surface area contributed by atoms with Gasteiger partial charge in [0.1, 0.15) is 17.3 Å². The molecule has 24 heavy (non-hydrogen) atoms. The number of aromatic amines is 1. The van der Waals surface area contributed by atoms with E-state index in [2.05, 4.69) is 19.7 Å². The third-order valence-electron chi connectivity index (χ3n) is 4.24. The number of aryl methyl sites for hydroxylation is 1. The molecular weight excluding hydrogens is 308 g/mol. The van der Waals surface area contributed by atoms with Crippen LogP contribution in [0.15, 0.2) is 30.5 Å². The Labute approximate surface area is 137 Å². The second-order valence-corrected chi connectivity index (χ2v) is 5.71. The number of phenols is 1. The topological polar surface area (TPSA) is 93.0 Å². The van der Waals surface area contributed by atoms with E-state index in [-0.39, 0.29) is 17.1 Å². The number of benzene rings is 1. The first-order valence-electron chi connectivity index (χ1n) is 7.70. The van der Waals surface area contributed by atoms with Crippen molar-refractivity contribution in [1.29, 1.82) is 0 Å². The van der Waals surface area contributed by atoms with Gasteiger partial charge in [0, 0.05) is 24.7 Å². The zero-order valence-electron chi connectivity index (χ0n) is 13.1. The van der Waals surface area contributed by atoms with Gasteiger partial charge in [-0.25, -0.2) is 0 Å². The highest BCUT2D eigenvalue weighted by Gasteiger charge is 2.21. The number of aromatic nitrogens is 4. The molecule has 0 unspecified atom stereocenters. The SMILES string of the molecule is COc1ccc(O)c(C(=O)c2c[nH]c(-c3nnc4n3CCC4)c2)c1. The molecule has 7 nitrogen and oxygen atoms in total. The normalized spacial score (nSPS) is 13.0. The maximum Gasteiger partial charge on any atom is 0.198 e. The van der Waals surface area contributed by atoms with Gasteiger partial charge in [0.2, 0.25) is 0 Å². The molecule has 3 heterocycles. The maximum absolute atomic E-state index is 12.7. The molecule has 0 saturated heterocycles. The molecule has 0 atom stereocenters. The fourth-order valence-corrected chi connectivity index (χ4v) is 2.98. The van der Waals surface area contributed by atoms with Gasteiger partial charge in [-0.2, -0.15) is 0 Å². The maximum atomic E-state index is 12.7. The molecule has 0 spiro atoms. The van der Waals surface area contributed by atoms with Crippen molar-refractivity contribution in [3.05, 3.63) is 47.4 Å². The Morgan fingerprint density at radius 2 is 2.21 bits per heavy atom. The lowest BCUT2D eigenvalue weighted by Gasteiger charge is -2.05. The average molecular weight is 324 g/mol. The molecule has 0 radical (unpaired) electrons. The first-order valence-corrected chi connectivity index (χ1v) is 7.70. The lowest BCUT2D eigenvalue weighted by atomic mass is 10.0. The van der Waals surface area contributed by atoms with Crippen LogP contribution in [0.25, 0.3) is 11.5 Å². The first-order chi connectivity index (χ1) is 11.7. The van der Waals surface area contributed by atoms with E-state index in [1.165, 1.54) is 19.2 Å². The minimum atomic E-state index is -0.282. The summed E-state index contributed by atoms with van der Waals surface area (Å²) in [4.78, 5) is 15.8. The van der Waals surface area contributed by atoms with Crippen LogP contribution in [-0.4, -0.2) is 37.7 Å². The average Bonchev–Trinajstić information content (AvgIpc) is 3.30. The summed E-state index contributed by atoms with van der Waals surface area (Å²) in [7, 11) is 1.51. The number of carbonyl (C=O) groups excluding carboxylic acids is 1. The van der Waals surface area contributed by atoms with Gasteiger partial charge < -0.3 is 19.4 Å². The number of phenolic OH excluding ortho intramolecular Hbond substituents is 1. The number of hydrogen-bond acceptors (Lipinski definition) is 5. The molecule has 1 aliphatic rings. The van der Waals surface area contributed by atoms with Crippen molar-refractivity contribution < 1.29 is 14.6 Å². The van der Waals surface area contributed by atoms with E-state index in [4.69, 9.17) is 4.74 Å². The molecule has 1 aliphatic heterocycles. The number of ketones is 1. The van der Waals surface area contributed by atoms with E-state index in [9.17, 15) is 9.90 Å². The minimum Gasteiger partial charge on any atom is -0.507 e. The molecular formula is C17H16N4O3. The largest absolute Gasteiger partial charge is 0.507 e. The third-order valence-corrected chi connectivity index (χ3v) is 4.24. The van der Waals surface area contributed by atoms with Gasteiger partial charge in [0.15, 0.2) is 11.6 Å². The van der Waals surface area contributed by atoms with Crippen LogP contribution in [0.1, 0.15) is 28.2 Å². The van der Waals surface area contributed by atoms with E-state index in [0.29, 0.717) is 11.3 Å². The zero-order valence-corrected chi connectivity index (χ0v) is 13.1. The van der Waals surface area contributed by atoms with Gasteiger partial charge in [-0.3, -0.25) is 4.79 Å². The van der Waals surface area contributed by atoms with Crippen LogP contribution in [0.3, 0.4) is 0 Å². The summed E-state index contributed by atoms with van der Waals surface area (Å²) in [5.41, 5.74) is 1.39. The number of ether oxygens (including phenoxy) is 1. The smallest absolute Gasteiger partial charge is 0.198 e. The van der Waals surface area contributed by atoms with E-state index < -0.39 is 0 Å². The Kier molecular flexibility index (Phi) is 3.34. The van der Waals surface area contributed by atoms with E-state index in [1.807, 2.05) is 0 Å². The number of carbonyl (C=O) groups is 1. The van der Waals surface area contributed by atoms with Gasteiger partial charge in [0.25, 0.3) is 0 Å². The molecule has 2 N–H and O–H groups in total. The quantitative estimate of drug-likeness (QED) is 0.717. The van der Waals surface area contributed by atoms with Crippen molar-refractivity contribution in [2.24, 2.45) is 0 Å². The standard InChI is InChI=1S/C17H16N4O3/c1-24-11-4-5-14(22)12(8-11)16(23)10-7-13(18-9-10)17-20-19-15-3-2-6-21(15)17/h4-5,7-9,18,22H,2-3,6H2,1H3. The van der Waals surface area contributed by atoms with Gasteiger partial charge in [-0.15, -0.1) is 10.2 Å². The molecule has 0 amide bonds. The van der Waals surface area contributed by atoms with Crippen molar-refractivity contribution in [3.63, 3.8) is 0 Å². The number of methoxy groups -OCH3 is 1. The Morgan fingerprint density at radius 3 is 3.04 bits per heavy atom. The van der Waals surface area contributed by atoms with Crippen molar-refractivity contribution in [2.75, 3.05) is 7.11 Å². The first kappa shape index (κ1) is 14.5. The number of nitrogens with zero attached hydrogens (tertiary/aromatic N) is 3. The minimum absolute atomic E-state index is 0.0769. The molecule has 3 aromatic rings. The predicted molar refractivity (Wildman–Crippen MR) is 86.2 cm³/mol. The van der Waals surface area contributed by atoms with Gasteiger partial charge >= 0.3 is 0 Å². The van der Waals surface area contributed by atoms with Crippen LogP contribution in [0, 0.1) is 0 Å². The number of fused-ring (bicyclic) bond motifs is 1. The molecule has 0 bridgehead atoms. The number of H-pyrrole nitrogens is 1. The predicted octanol–water partition coefficient (Wildman–Crippen LogP) is 2.16. The second kappa shape index (κ2) is 5.52. The number of rotatable bonds is 4. The van der Waals surface area contributed by atoms with Crippen molar-refractivity contribution in [2.45, 2.75) is 19.4 Å². The summed E-state index contributed by atoms with van der Waals surface area (Å²) in [6.07, 6.45) is 3.60. The highest BCUT2D eigenvalue weighted by Crippen LogP contribution is 2.28. The Hall–Kier alpha value is -3.09. The summed E-state index contributed by atoms with van der Waals surface area (Å²) < 4.78 is 7.18. The summed E-state index contributed by atoms with van der Waals surface area (Å²) >= 11 is 0. The third kappa shape index (κ3) is 2.25. The monoisotopic (exact) mass is 324 g/mol. The molecule has 0 fully saturated rings. The Balaban J connectivity index is 1.69. The molecule has 1 aromatic carbocycles. The van der Waals surface area contributed by atoms with Gasteiger partial charge in [-0.1, -0.05) is 0 Å². The molecule has 7 heteroatoms. The summed E-state index contributed by atoms with van der Waals surface area (Å²) in [5.74, 6) is 1.86. The van der Waals surface area contributed by atoms with Gasteiger partial charge in [-0.05, 0) is 30.7 Å². The Bertz CT molecular complexity index is 926. The van der Waals surface area contributed by atoms with E-state index in [1.54, 1.807) is 18.3 Å². The molecule has 0 aliphatic carbocycles. The van der Waals surface area contributed by atoms with Crippen LogP contribution in [0.4, 0.5) is 0 Å². The second-order valence-electron chi connectivity index (χ2n) is 5.71. The lowest BCUT2D eigenvalue weighted by Crippen LogP contribution is -2.01. The summed E-state index contributed by atoms with van der Waals surface area (Å²) in [6, 6.07) is 6.31. The van der Waals surface area contributed by atoms with Crippen LogP contribution >= 0.6 is 0 Å². The van der Waals surface area contributed by atoms with Crippen LogP contribution in [-0.2, 0) is 13.0 Å². The van der Waals surface area contributed by atoms with Crippen LogP contribution in [0.5, 0.6) is 11.5 Å². The highest BCUT2D eigenvalue weighted by atomic mass is 16.5.